The summed E-state index contributed by atoms with van der Waals surface area (Å²) in [6.07, 6.45) is -4.48. The summed E-state index contributed by atoms with van der Waals surface area (Å²) in [5, 5.41) is 21.4. The van der Waals surface area contributed by atoms with E-state index in [1.54, 1.807) is 0 Å². The van der Waals surface area contributed by atoms with E-state index in [0.29, 0.717) is 0 Å². The van der Waals surface area contributed by atoms with Crippen LogP contribution in [0.2, 0.25) is 5.15 Å². The van der Waals surface area contributed by atoms with Crippen LogP contribution in [0.5, 0.6) is 17.2 Å². The normalized spacial score (nSPS) is 11.3. The van der Waals surface area contributed by atoms with Gasteiger partial charge >= 0.3 is 12.1 Å². The summed E-state index contributed by atoms with van der Waals surface area (Å²) in [5.41, 5.74) is -1.32. The summed E-state index contributed by atoms with van der Waals surface area (Å²) in [7, 11) is 0. The lowest BCUT2D eigenvalue weighted by Gasteiger charge is -2.12. The van der Waals surface area contributed by atoms with Gasteiger partial charge in [-0.25, -0.2) is 4.98 Å². The number of nitrogens with one attached hydrogen (secondary N) is 1. The van der Waals surface area contributed by atoms with E-state index < -0.39 is 41.6 Å². The number of ether oxygens (including phenoxy) is 1. The first-order chi connectivity index (χ1) is 14.1. The van der Waals surface area contributed by atoms with E-state index >= 15 is 0 Å². The summed E-state index contributed by atoms with van der Waals surface area (Å²) >= 11 is 6.05. The Balaban J connectivity index is 1.93. The average molecular weight is 441 g/mol. The van der Waals surface area contributed by atoms with E-state index in [9.17, 15) is 27.9 Å². The number of alkyl halides is 3. The Bertz CT molecular complexity index is 1130. The van der Waals surface area contributed by atoms with E-state index in [2.05, 4.69) is 10.3 Å². The summed E-state index contributed by atoms with van der Waals surface area (Å²) in [6, 6.07) is 8.22. The summed E-state index contributed by atoms with van der Waals surface area (Å²) < 4.78 is 43.5. The number of nitrogens with zero attached hydrogens (tertiary/aromatic N) is 1. The zero-order valence-corrected chi connectivity index (χ0v) is 15.6. The highest BCUT2D eigenvalue weighted by molar-refractivity contribution is 6.35. The van der Waals surface area contributed by atoms with Gasteiger partial charge in [0.25, 0.3) is 5.91 Å². The molecule has 1 heterocycles. The lowest BCUT2D eigenvalue weighted by atomic mass is 10.1. The van der Waals surface area contributed by atoms with Gasteiger partial charge in [0.05, 0.1) is 5.56 Å². The number of halogens is 4. The van der Waals surface area contributed by atoms with E-state index in [4.69, 9.17) is 21.4 Å². The van der Waals surface area contributed by atoms with Crippen molar-refractivity contribution >= 4 is 34.2 Å². The van der Waals surface area contributed by atoms with Crippen molar-refractivity contribution < 1.29 is 37.7 Å². The minimum atomic E-state index is -4.48. The Labute approximate surface area is 171 Å². The molecule has 0 unspecified atom stereocenters. The van der Waals surface area contributed by atoms with Gasteiger partial charge in [0.1, 0.15) is 23.2 Å². The standard InChI is InChI=1S/C19H12ClF3N2O5/c20-17-12-6-5-11(30-10-3-1-9(2-4-10)19(21,22)23)7-13(12)16(28)15(25-17)18(29)24-8-14(26)27/h1-7,28H,8H2,(H,24,29)(H,26,27). The molecule has 156 valence electrons. The monoisotopic (exact) mass is 440 g/mol. The molecule has 0 radical (unpaired) electrons. The first-order valence-electron chi connectivity index (χ1n) is 8.23. The molecule has 0 atom stereocenters. The summed E-state index contributed by atoms with van der Waals surface area (Å²) in [6.45, 7) is -0.688. The molecule has 3 N–H and O–H groups in total. The van der Waals surface area contributed by atoms with Crippen LogP contribution in [0.4, 0.5) is 13.2 Å². The maximum atomic E-state index is 12.7. The number of aromatic nitrogens is 1. The highest BCUT2D eigenvalue weighted by Gasteiger charge is 2.30. The van der Waals surface area contributed by atoms with Gasteiger partial charge in [-0.15, -0.1) is 0 Å². The van der Waals surface area contributed by atoms with Gasteiger partial charge in [0.15, 0.2) is 11.4 Å². The molecule has 0 fully saturated rings. The fraction of sp³-hybridized carbons (Fsp3) is 0.105. The van der Waals surface area contributed by atoms with Crippen LogP contribution in [0.1, 0.15) is 16.1 Å². The topological polar surface area (TPSA) is 109 Å². The van der Waals surface area contributed by atoms with Crippen LogP contribution in [-0.4, -0.2) is 33.6 Å². The predicted molar refractivity (Wildman–Crippen MR) is 99.9 cm³/mol. The Morgan fingerprint density at radius 3 is 2.30 bits per heavy atom. The molecule has 1 amide bonds. The van der Waals surface area contributed by atoms with Gasteiger partial charge in [-0.2, -0.15) is 13.2 Å². The van der Waals surface area contributed by atoms with Crippen molar-refractivity contribution in [3.8, 4) is 17.2 Å². The molecule has 11 heteroatoms. The lowest BCUT2D eigenvalue weighted by molar-refractivity contribution is -0.138. The van der Waals surface area contributed by atoms with Crippen LogP contribution in [0.3, 0.4) is 0 Å². The zero-order chi connectivity index (χ0) is 22.1. The van der Waals surface area contributed by atoms with Crippen LogP contribution in [0.15, 0.2) is 42.5 Å². The molecule has 0 saturated heterocycles. The largest absolute Gasteiger partial charge is 0.505 e. The third-order valence-electron chi connectivity index (χ3n) is 3.94. The number of benzene rings is 2. The molecule has 0 aliphatic carbocycles. The number of carboxylic acids is 1. The third-order valence-corrected chi connectivity index (χ3v) is 4.22. The van der Waals surface area contributed by atoms with E-state index in [1.165, 1.54) is 18.2 Å². The molecular formula is C19H12ClF3N2O5. The number of carbonyl (C=O) groups excluding carboxylic acids is 1. The second kappa shape index (κ2) is 8.07. The number of carbonyl (C=O) groups is 2. The second-order valence-corrected chi connectivity index (χ2v) is 6.37. The molecular weight excluding hydrogens is 429 g/mol. The van der Waals surface area contributed by atoms with Crippen molar-refractivity contribution in [2.75, 3.05) is 6.54 Å². The van der Waals surface area contributed by atoms with Crippen molar-refractivity contribution in [3.05, 3.63) is 58.9 Å². The van der Waals surface area contributed by atoms with Crippen LogP contribution in [0, 0.1) is 0 Å². The third kappa shape index (κ3) is 4.54. The maximum absolute atomic E-state index is 12.7. The van der Waals surface area contributed by atoms with Gasteiger partial charge in [0, 0.05) is 10.8 Å². The lowest BCUT2D eigenvalue weighted by Crippen LogP contribution is -2.30. The second-order valence-electron chi connectivity index (χ2n) is 6.01. The van der Waals surface area contributed by atoms with Crippen molar-refractivity contribution in [1.82, 2.24) is 10.3 Å². The van der Waals surface area contributed by atoms with Gasteiger partial charge in [0.2, 0.25) is 0 Å². The Hall–Kier alpha value is -3.53. The molecule has 0 spiro atoms. The molecule has 0 aliphatic rings. The number of rotatable bonds is 5. The molecule has 3 aromatic rings. The zero-order valence-electron chi connectivity index (χ0n) is 14.8. The highest BCUT2D eigenvalue weighted by atomic mass is 35.5. The molecule has 2 aromatic carbocycles. The molecule has 0 saturated carbocycles. The first-order valence-corrected chi connectivity index (χ1v) is 8.61. The summed E-state index contributed by atoms with van der Waals surface area (Å²) in [4.78, 5) is 26.5. The van der Waals surface area contributed by atoms with Gasteiger partial charge in [-0.3, -0.25) is 9.59 Å². The van der Waals surface area contributed by atoms with Gasteiger partial charge in [-0.05, 0) is 42.5 Å². The van der Waals surface area contributed by atoms with Crippen LogP contribution >= 0.6 is 11.6 Å². The van der Waals surface area contributed by atoms with Crippen molar-refractivity contribution in [3.63, 3.8) is 0 Å². The molecule has 3 rings (SSSR count). The Kier molecular flexibility index (Phi) is 5.70. The Morgan fingerprint density at radius 2 is 1.70 bits per heavy atom. The van der Waals surface area contributed by atoms with Crippen LogP contribution in [0.25, 0.3) is 10.8 Å². The highest BCUT2D eigenvalue weighted by Crippen LogP contribution is 2.36. The molecule has 1 aromatic heterocycles. The maximum Gasteiger partial charge on any atom is 0.416 e. The minimum Gasteiger partial charge on any atom is -0.505 e. The van der Waals surface area contributed by atoms with E-state index in [-0.39, 0.29) is 27.4 Å². The van der Waals surface area contributed by atoms with E-state index in [1.807, 2.05) is 0 Å². The minimum absolute atomic E-state index is 0.0832. The van der Waals surface area contributed by atoms with Crippen LogP contribution < -0.4 is 10.1 Å². The number of pyridine rings is 1. The number of fused-ring (bicyclic) bond motifs is 1. The first kappa shape index (κ1) is 21.2. The number of hydrogen-bond donors (Lipinski definition) is 3. The van der Waals surface area contributed by atoms with Crippen LogP contribution in [-0.2, 0) is 11.0 Å². The van der Waals surface area contributed by atoms with Gasteiger partial charge < -0.3 is 20.3 Å². The number of hydrogen-bond acceptors (Lipinski definition) is 5. The smallest absolute Gasteiger partial charge is 0.416 e. The number of amides is 1. The fourth-order valence-electron chi connectivity index (χ4n) is 2.55. The van der Waals surface area contributed by atoms with Crippen molar-refractivity contribution in [2.45, 2.75) is 6.18 Å². The number of carboxylic acid groups (broad SMARTS) is 1. The quantitative estimate of drug-likeness (QED) is 0.513. The van der Waals surface area contributed by atoms with Gasteiger partial charge in [-0.1, -0.05) is 11.6 Å². The molecule has 7 nitrogen and oxygen atoms in total. The fourth-order valence-corrected chi connectivity index (χ4v) is 2.80. The Morgan fingerprint density at radius 1 is 1.07 bits per heavy atom. The molecule has 30 heavy (non-hydrogen) atoms. The summed E-state index contributed by atoms with van der Waals surface area (Å²) in [5.74, 6) is -2.54. The van der Waals surface area contributed by atoms with Crippen molar-refractivity contribution in [1.29, 1.82) is 0 Å². The number of aliphatic carboxylic acids is 1. The van der Waals surface area contributed by atoms with E-state index in [0.717, 1.165) is 24.3 Å². The SMILES string of the molecule is O=C(O)CNC(=O)c1nc(Cl)c2ccc(Oc3ccc(C(F)(F)F)cc3)cc2c1O. The number of aromatic hydroxyl groups is 1. The molecule has 0 bridgehead atoms. The van der Waals surface area contributed by atoms with Crippen molar-refractivity contribution in [2.24, 2.45) is 0 Å². The predicted octanol–water partition coefficient (Wildman–Crippen LogP) is 4.22. The molecule has 0 aliphatic heterocycles. The average Bonchev–Trinajstić information content (AvgIpc) is 2.68.